The van der Waals surface area contributed by atoms with Crippen LogP contribution in [0.4, 0.5) is 0 Å². The molecule has 0 atom stereocenters. The molecule has 0 aliphatic heterocycles. The predicted molar refractivity (Wildman–Crippen MR) is 54.2 cm³/mol. The molecular weight excluding hydrogens is 202 g/mol. The molecule has 0 saturated carbocycles. The molecule has 0 amide bonds. The van der Waals surface area contributed by atoms with Gasteiger partial charge in [0.1, 0.15) is 12.8 Å². The van der Waals surface area contributed by atoms with Crippen LogP contribution >= 0.6 is 11.3 Å². The van der Waals surface area contributed by atoms with Crippen LogP contribution in [0.15, 0.2) is 16.7 Å². The average molecular weight is 211 g/mol. The molecule has 2 heterocycles. The van der Waals surface area contributed by atoms with Gasteiger partial charge in [0.15, 0.2) is 4.96 Å². The van der Waals surface area contributed by atoms with Crippen molar-refractivity contribution in [3.8, 4) is 5.88 Å². The Morgan fingerprint density at radius 2 is 2.43 bits per heavy atom. The summed E-state index contributed by atoms with van der Waals surface area (Å²) in [4.78, 5) is 9.75. The molecule has 6 heteroatoms. The third kappa shape index (κ3) is 1.33. The van der Waals surface area contributed by atoms with Gasteiger partial charge in [-0.25, -0.2) is 0 Å². The van der Waals surface area contributed by atoms with E-state index in [0.29, 0.717) is 5.88 Å². The van der Waals surface area contributed by atoms with Gasteiger partial charge < -0.3 is 9.57 Å². The molecule has 74 valence electrons. The van der Waals surface area contributed by atoms with E-state index in [0.717, 1.165) is 10.7 Å². The van der Waals surface area contributed by atoms with Gasteiger partial charge in [0.2, 0.25) is 5.88 Å². The van der Waals surface area contributed by atoms with E-state index < -0.39 is 0 Å². The Bertz CT molecular complexity index is 460. The third-order valence-corrected chi connectivity index (χ3v) is 2.50. The number of imidazole rings is 1. The molecule has 2 rings (SSSR count). The standard InChI is InChI=1S/C8H9N3O2S/c1-12-7-6(5-9-13-2)11-3-4-14-8(11)10-7/h3-5H,1-2H3/b9-5-. The fourth-order valence-electron chi connectivity index (χ4n) is 1.15. The van der Waals surface area contributed by atoms with Crippen molar-refractivity contribution >= 4 is 22.5 Å². The van der Waals surface area contributed by atoms with Gasteiger partial charge >= 0.3 is 0 Å². The first kappa shape index (κ1) is 9.01. The van der Waals surface area contributed by atoms with Crippen LogP contribution in [0.3, 0.4) is 0 Å². The molecule has 2 aromatic rings. The number of hydrogen-bond donors (Lipinski definition) is 0. The number of fused-ring (bicyclic) bond motifs is 1. The first-order chi connectivity index (χ1) is 6.86. The molecule has 14 heavy (non-hydrogen) atoms. The van der Waals surface area contributed by atoms with Crippen LogP contribution in [-0.2, 0) is 4.84 Å². The first-order valence-corrected chi connectivity index (χ1v) is 4.81. The molecule has 5 nitrogen and oxygen atoms in total. The van der Waals surface area contributed by atoms with Gasteiger partial charge in [-0.05, 0) is 0 Å². The zero-order valence-corrected chi connectivity index (χ0v) is 8.61. The summed E-state index contributed by atoms with van der Waals surface area (Å²) in [5, 5.41) is 5.64. The molecule has 0 saturated heterocycles. The number of nitrogens with zero attached hydrogens (tertiary/aromatic N) is 3. The molecule has 0 aliphatic rings. The van der Waals surface area contributed by atoms with Crippen molar-refractivity contribution in [2.24, 2.45) is 5.16 Å². The lowest BCUT2D eigenvalue weighted by atomic mass is 10.5. The highest BCUT2D eigenvalue weighted by Gasteiger charge is 2.11. The lowest BCUT2D eigenvalue weighted by molar-refractivity contribution is 0.215. The summed E-state index contributed by atoms with van der Waals surface area (Å²) < 4.78 is 7.01. The summed E-state index contributed by atoms with van der Waals surface area (Å²) in [5.74, 6) is 0.553. The van der Waals surface area contributed by atoms with Crippen LogP contribution in [0.1, 0.15) is 5.69 Å². The Labute approximate surface area is 84.6 Å². The lowest BCUT2D eigenvalue weighted by Gasteiger charge is -1.94. The van der Waals surface area contributed by atoms with E-state index in [4.69, 9.17) is 4.74 Å². The minimum atomic E-state index is 0.553. The van der Waals surface area contributed by atoms with E-state index >= 15 is 0 Å². The van der Waals surface area contributed by atoms with Crippen molar-refractivity contribution in [1.29, 1.82) is 0 Å². The van der Waals surface area contributed by atoms with E-state index in [1.54, 1.807) is 24.7 Å². The summed E-state index contributed by atoms with van der Waals surface area (Å²) >= 11 is 1.54. The lowest BCUT2D eigenvalue weighted by Crippen LogP contribution is -1.92. The maximum absolute atomic E-state index is 5.11. The van der Waals surface area contributed by atoms with Crippen LogP contribution in [0.25, 0.3) is 4.96 Å². The van der Waals surface area contributed by atoms with Crippen LogP contribution in [-0.4, -0.2) is 29.8 Å². The second-order valence-electron chi connectivity index (χ2n) is 2.48. The molecule has 0 fully saturated rings. The van der Waals surface area contributed by atoms with Gasteiger partial charge in [-0.3, -0.25) is 4.40 Å². The van der Waals surface area contributed by atoms with Gasteiger partial charge in [0, 0.05) is 11.6 Å². The second kappa shape index (κ2) is 3.67. The van der Waals surface area contributed by atoms with Crippen molar-refractivity contribution in [3.63, 3.8) is 0 Å². The van der Waals surface area contributed by atoms with Crippen molar-refractivity contribution in [1.82, 2.24) is 9.38 Å². The largest absolute Gasteiger partial charge is 0.479 e. The SMILES string of the molecule is CO/N=C\c1c(OC)nc2sccn12. The predicted octanol–water partition coefficient (Wildman–Crippen LogP) is 1.38. The quantitative estimate of drug-likeness (QED) is 0.569. The molecule has 0 spiro atoms. The minimum Gasteiger partial charge on any atom is -0.479 e. The molecule has 0 N–H and O–H groups in total. The molecule has 0 radical (unpaired) electrons. The van der Waals surface area contributed by atoms with Gasteiger partial charge in [-0.1, -0.05) is 5.16 Å². The number of ether oxygens (including phenoxy) is 1. The van der Waals surface area contributed by atoms with Crippen LogP contribution in [0.2, 0.25) is 0 Å². The van der Waals surface area contributed by atoms with Gasteiger partial charge in [0.05, 0.1) is 13.3 Å². The molecular formula is C8H9N3O2S. The Kier molecular flexibility index (Phi) is 2.36. The van der Waals surface area contributed by atoms with Crippen molar-refractivity contribution in [2.75, 3.05) is 14.2 Å². The molecule has 0 aliphatic carbocycles. The molecule has 0 bridgehead atoms. The topological polar surface area (TPSA) is 48.1 Å². The summed E-state index contributed by atoms with van der Waals surface area (Å²) in [5.41, 5.74) is 0.783. The first-order valence-electron chi connectivity index (χ1n) is 3.93. The van der Waals surface area contributed by atoms with E-state index in [2.05, 4.69) is 15.0 Å². The van der Waals surface area contributed by atoms with Gasteiger partial charge in [-0.2, -0.15) is 4.98 Å². The Balaban J connectivity index is 2.55. The summed E-state index contributed by atoms with van der Waals surface area (Å²) in [7, 11) is 3.07. The number of hydrogen-bond acceptors (Lipinski definition) is 5. The summed E-state index contributed by atoms with van der Waals surface area (Å²) in [6.07, 6.45) is 3.48. The Morgan fingerprint density at radius 1 is 1.57 bits per heavy atom. The van der Waals surface area contributed by atoms with E-state index in [1.165, 1.54) is 7.11 Å². The highest BCUT2D eigenvalue weighted by molar-refractivity contribution is 7.15. The number of methoxy groups -OCH3 is 1. The van der Waals surface area contributed by atoms with Crippen LogP contribution in [0.5, 0.6) is 5.88 Å². The van der Waals surface area contributed by atoms with Gasteiger partial charge in [-0.15, -0.1) is 11.3 Å². The van der Waals surface area contributed by atoms with Crippen LogP contribution < -0.4 is 4.74 Å². The summed E-state index contributed by atoms with van der Waals surface area (Å²) in [6.45, 7) is 0. The van der Waals surface area contributed by atoms with Crippen molar-refractivity contribution in [3.05, 3.63) is 17.3 Å². The smallest absolute Gasteiger partial charge is 0.242 e. The minimum absolute atomic E-state index is 0.553. The average Bonchev–Trinajstić information content (AvgIpc) is 2.74. The number of aromatic nitrogens is 2. The third-order valence-electron chi connectivity index (χ3n) is 1.74. The maximum atomic E-state index is 5.11. The second-order valence-corrected chi connectivity index (χ2v) is 3.35. The Hall–Kier alpha value is -1.56. The Morgan fingerprint density at radius 3 is 3.14 bits per heavy atom. The monoisotopic (exact) mass is 211 g/mol. The number of oxime groups is 1. The zero-order chi connectivity index (χ0) is 9.97. The maximum Gasteiger partial charge on any atom is 0.242 e. The zero-order valence-electron chi connectivity index (χ0n) is 7.80. The fourth-order valence-corrected chi connectivity index (χ4v) is 1.87. The highest BCUT2D eigenvalue weighted by Crippen LogP contribution is 2.21. The molecule has 0 unspecified atom stereocenters. The fraction of sp³-hybridized carbons (Fsp3) is 0.250. The normalized spacial score (nSPS) is 11.3. The number of thiazole rings is 1. The molecule has 2 aromatic heterocycles. The van der Waals surface area contributed by atoms with Crippen LogP contribution in [0, 0.1) is 0 Å². The molecule has 0 aromatic carbocycles. The van der Waals surface area contributed by atoms with E-state index in [-0.39, 0.29) is 0 Å². The van der Waals surface area contributed by atoms with Crippen molar-refractivity contribution < 1.29 is 9.57 Å². The van der Waals surface area contributed by atoms with Crippen molar-refractivity contribution in [2.45, 2.75) is 0 Å². The van der Waals surface area contributed by atoms with E-state index in [1.807, 2.05) is 16.0 Å². The van der Waals surface area contributed by atoms with E-state index in [9.17, 15) is 0 Å². The summed E-state index contributed by atoms with van der Waals surface area (Å²) in [6, 6.07) is 0. The highest BCUT2D eigenvalue weighted by atomic mass is 32.1. The number of rotatable bonds is 3. The van der Waals surface area contributed by atoms with Gasteiger partial charge in [0.25, 0.3) is 0 Å².